The Bertz CT molecular complexity index is 1550. The van der Waals surface area contributed by atoms with Gasteiger partial charge in [0.15, 0.2) is 0 Å². The predicted molar refractivity (Wildman–Crippen MR) is 151 cm³/mol. The van der Waals surface area contributed by atoms with E-state index in [1.165, 1.54) is 0 Å². The van der Waals surface area contributed by atoms with E-state index in [9.17, 15) is 0 Å². The standard InChI is InChI=1S/C30H31N7O/c1-20-18-38-28-8-7-24(14-26(20)28)27-15-29(34-19-33-27)35-21(2)22-5-4-6-23(13-22)25-16-31-30(32-17-25)37-11-9-36(3)10-12-37/h4-8,13-19,21H,9-12H2,1-3H3,(H,33,34,35)/t21-/m0/s1. The number of likely N-dealkylation sites (N-methyl/N-ethyl adjacent to an activating group) is 1. The lowest BCUT2D eigenvalue weighted by Gasteiger charge is -2.32. The van der Waals surface area contributed by atoms with Gasteiger partial charge in [0.05, 0.1) is 12.0 Å². The monoisotopic (exact) mass is 505 g/mol. The number of furan rings is 1. The topological polar surface area (TPSA) is 83.2 Å². The Balaban J connectivity index is 1.17. The van der Waals surface area contributed by atoms with Crippen LogP contribution in [0.4, 0.5) is 11.8 Å². The first-order chi connectivity index (χ1) is 18.5. The summed E-state index contributed by atoms with van der Waals surface area (Å²) in [5.74, 6) is 1.58. The smallest absolute Gasteiger partial charge is 0.225 e. The van der Waals surface area contributed by atoms with E-state index in [1.54, 1.807) is 12.6 Å². The van der Waals surface area contributed by atoms with Crippen LogP contribution in [-0.2, 0) is 0 Å². The number of piperazine rings is 1. The number of benzene rings is 2. The highest BCUT2D eigenvalue weighted by Crippen LogP contribution is 2.29. The molecule has 1 atom stereocenters. The van der Waals surface area contributed by atoms with Gasteiger partial charge in [0.25, 0.3) is 0 Å². The quantitative estimate of drug-likeness (QED) is 0.320. The molecule has 8 nitrogen and oxygen atoms in total. The fourth-order valence-electron chi connectivity index (χ4n) is 4.84. The number of aryl methyl sites for hydroxylation is 1. The highest BCUT2D eigenvalue weighted by molar-refractivity contribution is 5.85. The van der Waals surface area contributed by atoms with E-state index >= 15 is 0 Å². The lowest BCUT2D eigenvalue weighted by atomic mass is 10.0. The number of hydrogen-bond donors (Lipinski definition) is 1. The molecule has 192 valence electrons. The van der Waals surface area contributed by atoms with E-state index in [0.717, 1.165) is 82.4 Å². The Morgan fingerprint density at radius 1 is 0.868 bits per heavy atom. The molecule has 1 saturated heterocycles. The van der Waals surface area contributed by atoms with Crippen LogP contribution in [0.5, 0.6) is 0 Å². The Hall–Kier alpha value is -4.30. The van der Waals surface area contributed by atoms with Crippen molar-refractivity contribution in [3.8, 4) is 22.4 Å². The van der Waals surface area contributed by atoms with Crippen molar-refractivity contribution in [2.45, 2.75) is 19.9 Å². The Kier molecular flexibility index (Phi) is 6.47. The number of hydrogen-bond acceptors (Lipinski definition) is 8. The highest BCUT2D eigenvalue weighted by Gasteiger charge is 2.16. The van der Waals surface area contributed by atoms with E-state index in [-0.39, 0.29) is 6.04 Å². The van der Waals surface area contributed by atoms with Crippen molar-refractivity contribution in [1.82, 2.24) is 24.8 Å². The molecule has 3 aromatic heterocycles. The van der Waals surface area contributed by atoms with Crippen LogP contribution in [-0.4, -0.2) is 58.1 Å². The molecular weight excluding hydrogens is 474 g/mol. The van der Waals surface area contributed by atoms with Crippen LogP contribution in [0.1, 0.15) is 24.1 Å². The van der Waals surface area contributed by atoms with Gasteiger partial charge in [-0.1, -0.05) is 18.2 Å². The molecular formula is C30H31N7O. The molecule has 0 aliphatic carbocycles. The van der Waals surface area contributed by atoms with Gasteiger partial charge >= 0.3 is 0 Å². The van der Waals surface area contributed by atoms with E-state index in [2.05, 4.69) is 79.4 Å². The molecule has 0 unspecified atom stereocenters. The van der Waals surface area contributed by atoms with E-state index in [1.807, 2.05) is 37.5 Å². The van der Waals surface area contributed by atoms with Gasteiger partial charge in [0.2, 0.25) is 5.95 Å². The van der Waals surface area contributed by atoms with Crippen molar-refractivity contribution in [2.24, 2.45) is 0 Å². The summed E-state index contributed by atoms with van der Waals surface area (Å²) in [5, 5.41) is 4.63. The van der Waals surface area contributed by atoms with Crippen LogP contribution in [0.15, 0.2) is 77.9 Å². The summed E-state index contributed by atoms with van der Waals surface area (Å²) in [4.78, 5) is 22.9. The van der Waals surface area contributed by atoms with Crippen LogP contribution < -0.4 is 10.2 Å². The third-order valence-corrected chi connectivity index (χ3v) is 7.24. The molecule has 38 heavy (non-hydrogen) atoms. The average Bonchev–Trinajstić information content (AvgIpc) is 3.33. The molecule has 0 spiro atoms. The number of nitrogens with zero attached hydrogens (tertiary/aromatic N) is 6. The SMILES string of the molecule is Cc1coc2ccc(-c3cc(N[C@@H](C)c4cccc(-c5cnc(N6CCN(C)CC6)nc5)c4)ncn3)cc12. The predicted octanol–water partition coefficient (Wildman–Crippen LogP) is 5.58. The molecule has 0 bridgehead atoms. The maximum absolute atomic E-state index is 5.59. The lowest BCUT2D eigenvalue weighted by molar-refractivity contribution is 0.311. The van der Waals surface area contributed by atoms with Gasteiger partial charge < -0.3 is 19.5 Å². The number of fused-ring (bicyclic) bond motifs is 1. The molecule has 6 rings (SSSR count). The molecule has 1 N–H and O–H groups in total. The number of anilines is 2. The second-order valence-electron chi connectivity index (χ2n) is 9.97. The lowest BCUT2D eigenvalue weighted by Crippen LogP contribution is -2.45. The summed E-state index contributed by atoms with van der Waals surface area (Å²) >= 11 is 0. The minimum Gasteiger partial charge on any atom is -0.464 e. The third-order valence-electron chi connectivity index (χ3n) is 7.24. The first-order valence-electron chi connectivity index (χ1n) is 13.0. The summed E-state index contributed by atoms with van der Waals surface area (Å²) in [6.45, 7) is 8.16. The number of nitrogens with one attached hydrogen (secondary N) is 1. The zero-order valence-corrected chi connectivity index (χ0v) is 21.9. The first kappa shape index (κ1) is 24.1. The second kappa shape index (κ2) is 10.2. The normalized spacial score (nSPS) is 15.1. The summed E-state index contributed by atoms with van der Waals surface area (Å²) in [7, 11) is 2.15. The van der Waals surface area contributed by atoms with E-state index < -0.39 is 0 Å². The van der Waals surface area contributed by atoms with Crippen molar-refractivity contribution in [3.05, 3.63) is 84.6 Å². The molecule has 4 heterocycles. The van der Waals surface area contributed by atoms with Crippen molar-refractivity contribution >= 4 is 22.7 Å². The van der Waals surface area contributed by atoms with Crippen molar-refractivity contribution in [3.63, 3.8) is 0 Å². The Morgan fingerprint density at radius 3 is 2.50 bits per heavy atom. The molecule has 0 saturated carbocycles. The second-order valence-corrected chi connectivity index (χ2v) is 9.97. The van der Waals surface area contributed by atoms with Crippen molar-refractivity contribution in [2.75, 3.05) is 43.4 Å². The van der Waals surface area contributed by atoms with Gasteiger partial charge in [-0.05, 0) is 61.9 Å². The van der Waals surface area contributed by atoms with Crippen molar-refractivity contribution < 1.29 is 4.42 Å². The molecule has 1 fully saturated rings. The third kappa shape index (κ3) is 4.95. The van der Waals surface area contributed by atoms with Gasteiger partial charge in [0, 0.05) is 67.2 Å². The fourth-order valence-corrected chi connectivity index (χ4v) is 4.84. The average molecular weight is 506 g/mol. The van der Waals surface area contributed by atoms with E-state index in [4.69, 9.17) is 4.42 Å². The van der Waals surface area contributed by atoms with E-state index in [0.29, 0.717) is 0 Å². The minimum atomic E-state index is 0.0434. The maximum Gasteiger partial charge on any atom is 0.225 e. The largest absolute Gasteiger partial charge is 0.464 e. The fraction of sp³-hybridized carbons (Fsp3) is 0.267. The zero-order valence-electron chi connectivity index (χ0n) is 21.9. The summed E-state index contributed by atoms with van der Waals surface area (Å²) in [6.07, 6.45) is 7.23. The molecule has 8 heteroatoms. The van der Waals surface area contributed by atoms with Gasteiger partial charge in [-0.2, -0.15) is 0 Å². The molecule has 1 aliphatic heterocycles. The highest BCUT2D eigenvalue weighted by atomic mass is 16.3. The molecule has 1 aliphatic rings. The van der Waals surface area contributed by atoms with Crippen molar-refractivity contribution in [1.29, 1.82) is 0 Å². The molecule has 0 amide bonds. The zero-order chi connectivity index (χ0) is 26.1. The van der Waals surface area contributed by atoms with Crippen LogP contribution in [0.3, 0.4) is 0 Å². The van der Waals surface area contributed by atoms with Gasteiger partial charge in [0.1, 0.15) is 17.7 Å². The van der Waals surface area contributed by atoms with Crippen LogP contribution in [0.25, 0.3) is 33.4 Å². The molecule has 0 radical (unpaired) electrons. The molecule has 5 aromatic rings. The van der Waals surface area contributed by atoms with Gasteiger partial charge in [-0.3, -0.25) is 0 Å². The van der Waals surface area contributed by atoms with Gasteiger partial charge in [-0.25, -0.2) is 19.9 Å². The first-order valence-corrected chi connectivity index (χ1v) is 13.0. The van der Waals surface area contributed by atoms with Crippen LogP contribution in [0.2, 0.25) is 0 Å². The number of rotatable bonds is 6. The summed E-state index contributed by atoms with van der Waals surface area (Å²) in [6, 6.07) is 16.6. The number of aromatic nitrogens is 4. The van der Waals surface area contributed by atoms with Crippen LogP contribution >= 0.6 is 0 Å². The Morgan fingerprint density at radius 2 is 1.68 bits per heavy atom. The molecule has 2 aromatic carbocycles. The Labute approximate surface area is 222 Å². The van der Waals surface area contributed by atoms with Gasteiger partial charge in [-0.15, -0.1) is 0 Å². The minimum absolute atomic E-state index is 0.0434. The maximum atomic E-state index is 5.59. The summed E-state index contributed by atoms with van der Waals surface area (Å²) in [5.41, 5.74) is 7.14. The van der Waals surface area contributed by atoms with Crippen LogP contribution in [0, 0.1) is 6.92 Å². The summed E-state index contributed by atoms with van der Waals surface area (Å²) < 4.78 is 5.59.